The van der Waals surface area contributed by atoms with Gasteiger partial charge in [-0.2, -0.15) is 22.6 Å². The lowest BCUT2D eigenvalue weighted by molar-refractivity contribution is -0.143. The fourth-order valence-electron chi connectivity index (χ4n) is 6.43. The van der Waals surface area contributed by atoms with Gasteiger partial charge in [0.05, 0.1) is 17.5 Å². The van der Waals surface area contributed by atoms with Gasteiger partial charge in [0.15, 0.2) is 5.69 Å². The van der Waals surface area contributed by atoms with Gasteiger partial charge in [-0.1, -0.05) is 12.5 Å². The van der Waals surface area contributed by atoms with E-state index in [1.54, 1.807) is 12.1 Å². The lowest BCUT2D eigenvalue weighted by Gasteiger charge is -2.32. The summed E-state index contributed by atoms with van der Waals surface area (Å²) in [5.41, 5.74) is 6.75. The summed E-state index contributed by atoms with van der Waals surface area (Å²) in [5, 5.41) is 5.33. The molecule has 6 rings (SSSR count). The largest absolute Gasteiger partial charge is 0.436 e. The number of anilines is 1. The molecular weight excluding hydrogens is 562 g/mol. The SMILES string of the molecule is C[C@H]1C2=CNN(c3ccc(F)cc3)C2=CC2=C1[C@@H](CN(CC1CCCO1)S(=O)(=O)c1cn(C)nc1C(F)(F)F)CC2. The molecule has 4 aliphatic rings. The number of halogens is 4. The number of nitrogens with zero attached hydrogens (tertiary/aromatic N) is 4. The highest BCUT2D eigenvalue weighted by Gasteiger charge is 2.45. The van der Waals surface area contributed by atoms with Crippen LogP contribution in [0.15, 0.2) is 70.1 Å². The van der Waals surface area contributed by atoms with Gasteiger partial charge in [0.25, 0.3) is 0 Å². The molecule has 1 aromatic heterocycles. The molecule has 1 unspecified atom stereocenters. The topological polar surface area (TPSA) is 79.7 Å². The Labute approximate surface area is 236 Å². The van der Waals surface area contributed by atoms with E-state index in [1.165, 1.54) is 23.5 Å². The number of aromatic nitrogens is 2. The molecule has 1 saturated heterocycles. The Morgan fingerprint density at radius 1 is 1.17 bits per heavy atom. The van der Waals surface area contributed by atoms with Gasteiger partial charge >= 0.3 is 6.18 Å². The number of ether oxygens (including phenoxy) is 1. The van der Waals surface area contributed by atoms with Crippen LogP contribution >= 0.6 is 0 Å². The van der Waals surface area contributed by atoms with Gasteiger partial charge in [0.1, 0.15) is 10.7 Å². The maximum Gasteiger partial charge on any atom is 0.436 e. The smallest absolute Gasteiger partial charge is 0.377 e. The van der Waals surface area contributed by atoms with E-state index in [-0.39, 0.29) is 36.8 Å². The van der Waals surface area contributed by atoms with Crippen LogP contribution in [0.4, 0.5) is 23.2 Å². The van der Waals surface area contributed by atoms with Crippen LogP contribution in [-0.4, -0.2) is 48.3 Å². The van der Waals surface area contributed by atoms with E-state index in [9.17, 15) is 26.0 Å². The lowest BCUT2D eigenvalue weighted by atomic mass is 9.80. The Hall–Kier alpha value is -3.16. The Kier molecular flexibility index (Phi) is 7.02. The van der Waals surface area contributed by atoms with Crippen LogP contribution in [0, 0.1) is 17.7 Å². The molecule has 8 nitrogen and oxygen atoms in total. The molecule has 2 aliphatic heterocycles. The van der Waals surface area contributed by atoms with E-state index >= 15 is 0 Å². The monoisotopic (exact) mass is 593 g/mol. The van der Waals surface area contributed by atoms with Crippen molar-refractivity contribution in [2.75, 3.05) is 24.7 Å². The van der Waals surface area contributed by atoms with Gasteiger partial charge in [-0.3, -0.25) is 9.69 Å². The van der Waals surface area contributed by atoms with Crippen LogP contribution in [0.2, 0.25) is 0 Å². The maximum atomic E-state index is 13.9. The molecule has 1 aromatic carbocycles. The van der Waals surface area contributed by atoms with Gasteiger partial charge in [0, 0.05) is 50.6 Å². The summed E-state index contributed by atoms with van der Waals surface area (Å²) in [6.07, 6.45) is 2.40. The average Bonchev–Trinajstić information content (AvgIpc) is 3.71. The molecule has 0 bridgehead atoms. The van der Waals surface area contributed by atoms with E-state index in [2.05, 4.69) is 23.5 Å². The van der Waals surface area contributed by atoms with Crippen LogP contribution in [0.5, 0.6) is 0 Å². The number of sulfonamides is 1. The van der Waals surface area contributed by atoms with E-state index in [1.807, 2.05) is 11.2 Å². The van der Waals surface area contributed by atoms with E-state index in [0.29, 0.717) is 25.9 Å². The number of allylic oxidation sites excluding steroid dienone is 3. The van der Waals surface area contributed by atoms with Crippen molar-refractivity contribution in [1.82, 2.24) is 19.5 Å². The normalized spacial score (nSPS) is 24.5. The van der Waals surface area contributed by atoms with Gasteiger partial charge in [-0.05, 0) is 67.5 Å². The number of rotatable bonds is 7. The first kappa shape index (κ1) is 28.0. The number of alkyl halides is 3. The zero-order valence-electron chi connectivity index (χ0n) is 22.7. The zero-order chi connectivity index (χ0) is 29.1. The first-order valence-electron chi connectivity index (χ1n) is 13.6. The fourth-order valence-corrected chi connectivity index (χ4v) is 8.13. The molecule has 41 heavy (non-hydrogen) atoms. The molecule has 0 amide bonds. The number of fused-ring (bicyclic) bond motifs is 1. The Morgan fingerprint density at radius 2 is 1.93 bits per heavy atom. The summed E-state index contributed by atoms with van der Waals surface area (Å²) >= 11 is 0. The summed E-state index contributed by atoms with van der Waals surface area (Å²) in [5.74, 6) is -0.556. The molecular formula is C28H31F4N5O3S. The predicted molar refractivity (Wildman–Crippen MR) is 143 cm³/mol. The van der Waals surface area contributed by atoms with Crippen LogP contribution in [0.3, 0.4) is 0 Å². The van der Waals surface area contributed by atoms with Crippen molar-refractivity contribution >= 4 is 15.7 Å². The van der Waals surface area contributed by atoms with Crippen molar-refractivity contribution in [1.29, 1.82) is 0 Å². The second-order valence-corrected chi connectivity index (χ2v) is 12.9. The van der Waals surface area contributed by atoms with Crippen molar-refractivity contribution in [3.8, 4) is 0 Å². The molecule has 3 heterocycles. The van der Waals surface area contributed by atoms with Gasteiger partial charge in [-0.25, -0.2) is 12.8 Å². The molecule has 0 radical (unpaired) electrons. The number of hydrogen-bond acceptors (Lipinski definition) is 6. The summed E-state index contributed by atoms with van der Waals surface area (Å²) in [6, 6.07) is 6.17. The second-order valence-electron chi connectivity index (χ2n) is 11.0. The quantitative estimate of drug-likeness (QED) is 0.461. The van der Waals surface area contributed by atoms with Gasteiger partial charge in [0.2, 0.25) is 10.0 Å². The maximum absolute atomic E-state index is 13.9. The Bertz CT molecular complexity index is 1540. The molecule has 13 heteroatoms. The summed E-state index contributed by atoms with van der Waals surface area (Å²) in [7, 11) is -3.27. The summed E-state index contributed by atoms with van der Waals surface area (Å²) in [6.45, 7) is 2.58. The highest BCUT2D eigenvalue weighted by molar-refractivity contribution is 7.89. The lowest BCUT2D eigenvalue weighted by Crippen LogP contribution is -2.41. The zero-order valence-corrected chi connectivity index (χ0v) is 23.5. The van der Waals surface area contributed by atoms with E-state index in [0.717, 1.165) is 45.4 Å². The number of nitrogens with one attached hydrogen (secondary N) is 1. The summed E-state index contributed by atoms with van der Waals surface area (Å²) in [4.78, 5) is -0.839. The predicted octanol–water partition coefficient (Wildman–Crippen LogP) is 4.90. The van der Waals surface area contributed by atoms with Crippen LogP contribution in [0.25, 0.3) is 0 Å². The Balaban J connectivity index is 1.32. The minimum absolute atomic E-state index is 0.0221. The third-order valence-electron chi connectivity index (χ3n) is 8.32. The average molecular weight is 594 g/mol. The molecule has 220 valence electrons. The third kappa shape index (κ3) is 5.08. The minimum atomic E-state index is -4.92. The molecule has 1 N–H and O–H groups in total. The fraction of sp³-hybridized carbons (Fsp3) is 0.464. The number of hydrazine groups is 1. The first-order valence-corrected chi connectivity index (χ1v) is 15.1. The van der Waals surface area contributed by atoms with Crippen molar-refractivity contribution < 1.29 is 30.7 Å². The number of aryl methyl sites for hydroxylation is 1. The molecule has 3 atom stereocenters. The summed E-state index contributed by atoms with van der Waals surface area (Å²) < 4.78 is 90.4. The van der Waals surface area contributed by atoms with Crippen molar-refractivity contribution in [2.24, 2.45) is 18.9 Å². The molecule has 0 spiro atoms. The molecule has 2 aromatic rings. The number of hydrogen-bond donors (Lipinski definition) is 1. The van der Waals surface area contributed by atoms with Crippen molar-refractivity contribution in [2.45, 2.75) is 49.8 Å². The number of benzene rings is 1. The van der Waals surface area contributed by atoms with Crippen molar-refractivity contribution in [3.63, 3.8) is 0 Å². The van der Waals surface area contributed by atoms with Crippen LogP contribution in [0.1, 0.15) is 38.3 Å². The van der Waals surface area contributed by atoms with Gasteiger partial charge < -0.3 is 10.2 Å². The van der Waals surface area contributed by atoms with E-state index < -0.39 is 26.8 Å². The van der Waals surface area contributed by atoms with Crippen LogP contribution in [-0.2, 0) is 28.0 Å². The van der Waals surface area contributed by atoms with E-state index in [4.69, 9.17) is 4.74 Å². The second kappa shape index (κ2) is 10.3. The first-order chi connectivity index (χ1) is 19.4. The molecule has 1 fully saturated rings. The van der Waals surface area contributed by atoms with Crippen LogP contribution < -0.4 is 10.4 Å². The molecule has 2 aliphatic carbocycles. The Morgan fingerprint density at radius 3 is 2.61 bits per heavy atom. The molecule has 0 saturated carbocycles. The van der Waals surface area contributed by atoms with Gasteiger partial charge in [-0.15, -0.1) is 0 Å². The standard InChI is InChI=1S/C28H31F4N5O3S/c1-17-23-13-33-37(21-9-7-20(29)8-10-21)24(23)12-18-5-6-19(26(17)18)14-36(15-22-4-3-11-40-22)41(38,39)25-16-35(2)34-27(25)28(30,31)32/h7-10,12-13,16-17,19,22,33H,3-6,11,14-15H2,1-2H3/t17-,19+,22?/m0/s1. The van der Waals surface area contributed by atoms with Crippen molar-refractivity contribution in [3.05, 3.63) is 76.7 Å². The minimum Gasteiger partial charge on any atom is -0.377 e. The third-order valence-corrected chi connectivity index (χ3v) is 10.2. The highest BCUT2D eigenvalue weighted by atomic mass is 32.2. The highest BCUT2D eigenvalue weighted by Crippen LogP contribution is 2.48.